The molecular formula is C18H14N2O. The summed E-state index contributed by atoms with van der Waals surface area (Å²) in [6.07, 6.45) is 1.79. The highest BCUT2D eigenvalue weighted by Crippen LogP contribution is 2.29. The van der Waals surface area contributed by atoms with Crippen molar-refractivity contribution >= 4 is 21.9 Å². The lowest BCUT2D eigenvalue weighted by Gasteiger charge is -2.11. The molecule has 0 amide bonds. The van der Waals surface area contributed by atoms with Gasteiger partial charge in [0.05, 0.1) is 11.6 Å². The van der Waals surface area contributed by atoms with Crippen LogP contribution in [0.5, 0.6) is 0 Å². The fraction of sp³-hybridized carbons (Fsp3) is 0.0556. The Morgan fingerprint density at radius 3 is 2.67 bits per heavy atom. The minimum Gasteiger partial charge on any atom is -0.459 e. The molecule has 0 radical (unpaired) electrons. The highest BCUT2D eigenvalue weighted by molar-refractivity contribution is 5.83. The maximum atomic E-state index is 6.42. The summed E-state index contributed by atoms with van der Waals surface area (Å²) < 4.78 is 5.89. The van der Waals surface area contributed by atoms with Crippen LogP contribution in [0.15, 0.2) is 71.3 Å². The van der Waals surface area contributed by atoms with E-state index in [4.69, 9.17) is 10.2 Å². The first kappa shape index (κ1) is 12.1. The average molecular weight is 274 g/mol. The zero-order chi connectivity index (χ0) is 14.2. The summed E-state index contributed by atoms with van der Waals surface area (Å²) in [5, 5.41) is 2.13. The van der Waals surface area contributed by atoms with Gasteiger partial charge in [-0.1, -0.05) is 36.4 Å². The Labute approximate surface area is 122 Å². The summed E-state index contributed by atoms with van der Waals surface area (Å²) >= 11 is 0. The fourth-order valence-corrected chi connectivity index (χ4v) is 2.70. The van der Waals surface area contributed by atoms with Crippen LogP contribution in [-0.4, -0.2) is 4.98 Å². The molecule has 2 heterocycles. The normalized spacial score (nSPS) is 12.8. The number of para-hydroxylation sites is 2. The fourth-order valence-electron chi connectivity index (χ4n) is 2.70. The number of furan rings is 1. The van der Waals surface area contributed by atoms with Gasteiger partial charge in [0.1, 0.15) is 11.3 Å². The Morgan fingerprint density at radius 1 is 0.952 bits per heavy atom. The topological polar surface area (TPSA) is 52.0 Å². The second-order valence-corrected chi connectivity index (χ2v) is 5.08. The van der Waals surface area contributed by atoms with Crippen LogP contribution >= 0.6 is 0 Å². The Balaban J connectivity index is 1.87. The van der Waals surface area contributed by atoms with E-state index in [1.807, 2.05) is 60.7 Å². The van der Waals surface area contributed by atoms with E-state index < -0.39 is 0 Å². The predicted molar refractivity (Wildman–Crippen MR) is 84.0 cm³/mol. The van der Waals surface area contributed by atoms with E-state index >= 15 is 0 Å². The van der Waals surface area contributed by atoms with Crippen molar-refractivity contribution in [3.8, 4) is 0 Å². The van der Waals surface area contributed by atoms with E-state index in [0.29, 0.717) is 0 Å². The smallest absolute Gasteiger partial charge is 0.134 e. The molecule has 1 unspecified atom stereocenters. The third-order valence-electron chi connectivity index (χ3n) is 3.77. The zero-order valence-corrected chi connectivity index (χ0v) is 11.4. The molecule has 3 nitrogen and oxygen atoms in total. The van der Waals surface area contributed by atoms with Gasteiger partial charge in [-0.2, -0.15) is 0 Å². The molecule has 0 saturated carbocycles. The van der Waals surface area contributed by atoms with Gasteiger partial charge in [-0.25, -0.2) is 0 Å². The molecule has 2 N–H and O–H groups in total. The first-order valence-electron chi connectivity index (χ1n) is 6.90. The quantitative estimate of drug-likeness (QED) is 0.600. The molecule has 1 atom stereocenters. The molecule has 0 spiro atoms. The number of nitrogens with zero attached hydrogens (tertiary/aromatic N) is 1. The van der Waals surface area contributed by atoms with Crippen LogP contribution in [0.25, 0.3) is 21.9 Å². The molecule has 0 aliphatic rings. The molecule has 2 aromatic heterocycles. The largest absolute Gasteiger partial charge is 0.459 e. The highest BCUT2D eigenvalue weighted by Gasteiger charge is 2.16. The van der Waals surface area contributed by atoms with Crippen LogP contribution in [0.2, 0.25) is 0 Å². The van der Waals surface area contributed by atoms with Crippen LogP contribution in [0.1, 0.15) is 17.4 Å². The van der Waals surface area contributed by atoms with Crippen molar-refractivity contribution in [2.24, 2.45) is 5.73 Å². The minimum absolute atomic E-state index is 0.301. The summed E-state index contributed by atoms with van der Waals surface area (Å²) in [6.45, 7) is 0. The summed E-state index contributed by atoms with van der Waals surface area (Å²) in [4.78, 5) is 4.37. The van der Waals surface area contributed by atoms with Crippen LogP contribution < -0.4 is 5.73 Å². The van der Waals surface area contributed by atoms with E-state index in [9.17, 15) is 0 Å². The molecular weight excluding hydrogens is 260 g/mol. The number of pyridine rings is 1. The number of fused-ring (bicyclic) bond motifs is 2. The Morgan fingerprint density at radius 2 is 1.76 bits per heavy atom. The van der Waals surface area contributed by atoms with Crippen LogP contribution in [-0.2, 0) is 0 Å². The van der Waals surface area contributed by atoms with E-state index in [1.165, 1.54) is 0 Å². The molecule has 0 bridgehead atoms. The first-order chi connectivity index (χ1) is 10.3. The van der Waals surface area contributed by atoms with Crippen molar-refractivity contribution in [2.45, 2.75) is 6.04 Å². The van der Waals surface area contributed by atoms with Gasteiger partial charge in [-0.3, -0.25) is 4.98 Å². The van der Waals surface area contributed by atoms with Gasteiger partial charge in [0.2, 0.25) is 0 Å². The molecule has 102 valence electrons. The molecule has 3 heteroatoms. The molecule has 0 saturated heterocycles. The maximum Gasteiger partial charge on any atom is 0.134 e. The van der Waals surface area contributed by atoms with Crippen molar-refractivity contribution in [1.82, 2.24) is 4.98 Å². The van der Waals surface area contributed by atoms with Gasteiger partial charge in [-0.05, 0) is 29.8 Å². The Bertz CT molecular complexity index is 888. The van der Waals surface area contributed by atoms with Crippen molar-refractivity contribution < 1.29 is 4.42 Å². The van der Waals surface area contributed by atoms with Gasteiger partial charge in [0, 0.05) is 17.0 Å². The van der Waals surface area contributed by atoms with Crippen LogP contribution in [0, 0.1) is 0 Å². The highest BCUT2D eigenvalue weighted by atomic mass is 16.3. The van der Waals surface area contributed by atoms with E-state index in [0.717, 1.165) is 33.2 Å². The van der Waals surface area contributed by atoms with Gasteiger partial charge >= 0.3 is 0 Å². The average Bonchev–Trinajstić information content (AvgIpc) is 2.97. The first-order valence-corrected chi connectivity index (χ1v) is 6.90. The number of nitrogens with two attached hydrogens (primary N) is 1. The predicted octanol–water partition coefficient (Wildman–Crippen LogP) is 4.03. The van der Waals surface area contributed by atoms with Gasteiger partial charge < -0.3 is 10.2 Å². The van der Waals surface area contributed by atoms with Crippen LogP contribution in [0.3, 0.4) is 0 Å². The maximum absolute atomic E-state index is 6.42. The number of hydrogen-bond donors (Lipinski definition) is 1. The van der Waals surface area contributed by atoms with E-state index in [1.54, 1.807) is 6.20 Å². The van der Waals surface area contributed by atoms with Gasteiger partial charge in [-0.15, -0.1) is 0 Å². The van der Waals surface area contributed by atoms with Gasteiger partial charge in [0.15, 0.2) is 0 Å². The second-order valence-electron chi connectivity index (χ2n) is 5.08. The minimum atomic E-state index is -0.301. The van der Waals surface area contributed by atoms with Gasteiger partial charge in [0.25, 0.3) is 0 Å². The molecule has 0 fully saturated rings. The SMILES string of the molecule is NC(c1cc2ccccc2o1)c1ccnc2ccccc12. The second kappa shape index (κ2) is 4.72. The summed E-state index contributed by atoms with van der Waals surface area (Å²) in [5.41, 5.74) is 9.26. The zero-order valence-electron chi connectivity index (χ0n) is 11.4. The molecule has 0 aliphatic carbocycles. The monoisotopic (exact) mass is 274 g/mol. The lowest BCUT2D eigenvalue weighted by Crippen LogP contribution is -2.11. The van der Waals surface area contributed by atoms with Crippen molar-refractivity contribution in [3.05, 3.63) is 78.2 Å². The number of benzene rings is 2. The Hall–Kier alpha value is -2.65. The molecule has 4 rings (SSSR count). The summed E-state index contributed by atoms with van der Waals surface area (Å²) in [7, 11) is 0. The number of hydrogen-bond acceptors (Lipinski definition) is 3. The van der Waals surface area contributed by atoms with E-state index in [2.05, 4.69) is 4.98 Å². The third kappa shape index (κ3) is 1.99. The summed E-state index contributed by atoms with van der Waals surface area (Å²) in [5.74, 6) is 0.771. The molecule has 2 aromatic carbocycles. The lowest BCUT2D eigenvalue weighted by molar-refractivity contribution is 0.526. The third-order valence-corrected chi connectivity index (χ3v) is 3.77. The standard InChI is InChI=1S/C18H14N2O/c19-18(17-11-12-5-1-4-8-16(12)21-17)14-9-10-20-15-7-3-2-6-13(14)15/h1-11,18H,19H2. The van der Waals surface area contributed by atoms with Crippen LogP contribution in [0.4, 0.5) is 0 Å². The van der Waals surface area contributed by atoms with Crippen molar-refractivity contribution in [2.75, 3.05) is 0 Å². The van der Waals surface area contributed by atoms with E-state index in [-0.39, 0.29) is 6.04 Å². The lowest BCUT2D eigenvalue weighted by atomic mass is 10.0. The number of rotatable bonds is 2. The molecule has 4 aromatic rings. The van der Waals surface area contributed by atoms with Crippen molar-refractivity contribution in [3.63, 3.8) is 0 Å². The molecule has 0 aliphatic heterocycles. The van der Waals surface area contributed by atoms with Crippen molar-refractivity contribution in [1.29, 1.82) is 0 Å². The number of aromatic nitrogens is 1. The Kier molecular flexibility index (Phi) is 2.72. The molecule has 21 heavy (non-hydrogen) atoms. The summed E-state index contributed by atoms with van der Waals surface area (Å²) in [6, 6.07) is 19.6.